The number of nitrogens with zero attached hydrogens (tertiary/aromatic N) is 2. The summed E-state index contributed by atoms with van der Waals surface area (Å²) in [7, 11) is 2.08. The smallest absolute Gasteiger partial charge is 0.140 e. The number of imidazole rings is 1. The Balaban J connectivity index is 2.26. The van der Waals surface area contributed by atoms with Gasteiger partial charge < -0.3 is 4.57 Å². The molecule has 102 valence electrons. The average Bonchev–Trinajstić information content (AvgIpc) is 2.79. The molecule has 0 aliphatic carbocycles. The highest BCUT2D eigenvalue weighted by Crippen LogP contribution is 2.34. The van der Waals surface area contributed by atoms with E-state index in [0.717, 1.165) is 11.6 Å². The van der Waals surface area contributed by atoms with Gasteiger partial charge in [-0.2, -0.15) is 0 Å². The Morgan fingerprint density at radius 3 is 2.45 bits per heavy atom. The average molecular weight is 282 g/mol. The van der Waals surface area contributed by atoms with Crippen LogP contribution in [0.5, 0.6) is 0 Å². The van der Waals surface area contributed by atoms with Gasteiger partial charge in [0.1, 0.15) is 5.82 Å². The van der Waals surface area contributed by atoms with Crippen LogP contribution in [0.25, 0.3) is 22.2 Å². The molecule has 3 heteroatoms. The van der Waals surface area contributed by atoms with Crippen LogP contribution in [0.1, 0.15) is 12.6 Å². The quantitative estimate of drug-likeness (QED) is 0.650. The molecule has 0 spiro atoms. The maximum absolute atomic E-state index is 4.58. The van der Waals surface area contributed by atoms with Gasteiger partial charge in [0.25, 0.3) is 0 Å². The van der Waals surface area contributed by atoms with E-state index < -0.39 is 0 Å². The highest BCUT2D eigenvalue weighted by atomic mass is 32.2. The van der Waals surface area contributed by atoms with Crippen LogP contribution in [0.3, 0.4) is 0 Å². The van der Waals surface area contributed by atoms with Crippen LogP contribution in [0.15, 0.2) is 47.5 Å². The zero-order valence-corrected chi connectivity index (χ0v) is 12.9. The molecule has 0 aliphatic rings. The van der Waals surface area contributed by atoms with Crippen LogP contribution in [-0.2, 0) is 7.05 Å². The Labute approximate surface area is 123 Å². The Hall–Kier alpha value is -1.74. The van der Waals surface area contributed by atoms with Crippen molar-refractivity contribution in [3.05, 3.63) is 48.3 Å². The summed E-state index contributed by atoms with van der Waals surface area (Å²) < 4.78 is 2.16. The minimum atomic E-state index is 1.05. The number of benzene rings is 2. The number of aromatic nitrogens is 2. The summed E-state index contributed by atoms with van der Waals surface area (Å²) in [6.45, 7) is 4.28. The standard InChI is InChI=1S/C17H18N2S/c1-4-20-16-10-14-8-6-5-7-13(14)9-15(16)17-18-11-12(2)19(17)3/h5-11H,4H2,1-3H3. The molecule has 3 rings (SSSR count). The number of thioether (sulfide) groups is 1. The second-order valence-corrected chi connectivity index (χ2v) is 6.22. The van der Waals surface area contributed by atoms with Crippen molar-refractivity contribution >= 4 is 22.5 Å². The zero-order valence-electron chi connectivity index (χ0n) is 12.1. The highest BCUT2D eigenvalue weighted by Gasteiger charge is 2.12. The van der Waals surface area contributed by atoms with Gasteiger partial charge in [0.2, 0.25) is 0 Å². The van der Waals surface area contributed by atoms with E-state index in [-0.39, 0.29) is 0 Å². The molecule has 0 fully saturated rings. The van der Waals surface area contributed by atoms with Crippen molar-refractivity contribution in [2.75, 3.05) is 5.75 Å². The van der Waals surface area contributed by atoms with Crippen molar-refractivity contribution in [2.24, 2.45) is 7.05 Å². The first-order valence-electron chi connectivity index (χ1n) is 6.85. The summed E-state index contributed by atoms with van der Waals surface area (Å²) in [6, 6.07) is 13.0. The van der Waals surface area contributed by atoms with Gasteiger partial charge in [-0.3, -0.25) is 0 Å². The van der Waals surface area contributed by atoms with Crippen molar-refractivity contribution in [3.8, 4) is 11.4 Å². The predicted octanol–water partition coefficient (Wildman–Crippen LogP) is 4.66. The molecule has 2 aromatic carbocycles. The van der Waals surface area contributed by atoms with Crippen molar-refractivity contribution in [1.29, 1.82) is 0 Å². The summed E-state index contributed by atoms with van der Waals surface area (Å²) in [5, 5.41) is 2.56. The van der Waals surface area contributed by atoms with Gasteiger partial charge >= 0.3 is 0 Å². The lowest BCUT2D eigenvalue weighted by Crippen LogP contribution is -1.96. The Bertz CT molecular complexity index is 759. The van der Waals surface area contributed by atoms with Crippen LogP contribution in [0.2, 0.25) is 0 Å². The third-order valence-electron chi connectivity index (χ3n) is 3.61. The van der Waals surface area contributed by atoms with E-state index in [1.807, 2.05) is 18.0 Å². The van der Waals surface area contributed by atoms with E-state index in [0.29, 0.717) is 0 Å². The molecule has 3 aromatic rings. The molecule has 0 radical (unpaired) electrons. The van der Waals surface area contributed by atoms with E-state index >= 15 is 0 Å². The van der Waals surface area contributed by atoms with Crippen LogP contribution < -0.4 is 0 Å². The van der Waals surface area contributed by atoms with Crippen LogP contribution >= 0.6 is 11.8 Å². The van der Waals surface area contributed by atoms with Gasteiger partial charge in [-0.05, 0) is 35.6 Å². The van der Waals surface area contributed by atoms with E-state index in [1.54, 1.807) is 0 Å². The fourth-order valence-corrected chi connectivity index (χ4v) is 3.24. The Morgan fingerprint density at radius 1 is 1.15 bits per heavy atom. The van der Waals surface area contributed by atoms with Gasteiger partial charge in [0, 0.05) is 29.4 Å². The molecule has 0 atom stereocenters. The molecule has 1 heterocycles. The number of hydrogen-bond acceptors (Lipinski definition) is 2. The van der Waals surface area contributed by atoms with Crippen molar-refractivity contribution < 1.29 is 0 Å². The molecule has 0 unspecified atom stereocenters. The summed E-state index contributed by atoms with van der Waals surface area (Å²) in [4.78, 5) is 5.89. The second-order valence-electron chi connectivity index (χ2n) is 4.91. The van der Waals surface area contributed by atoms with Crippen LogP contribution in [0.4, 0.5) is 0 Å². The number of hydrogen-bond donors (Lipinski definition) is 0. The third-order valence-corrected chi connectivity index (χ3v) is 4.55. The van der Waals surface area contributed by atoms with Crippen molar-refractivity contribution in [3.63, 3.8) is 0 Å². The summed E-state index contributed by atoms with van der Waals surface area (Å²) in [5.41, 5.74) is 2.41. The van der Waals surface area contributed by atoms with Gasteiger partial charge in [0.05, 0.1) is 0 Å². The van der Waals surface area contributed by atoms with E-state index in [9.17, 15) is 0 Å². The van der Waals surface area contributed by atoms with Crippen molar-refractivity contribution in [1.82, 2.24) is 9.55 Å². The molecule has 0 bridgehead atoms. The number of fused-ring (bicyclic) bond motifs is 1. The molecular weight excluding hydrogens is 264 g/mol. The lowest BCUT2D eigenvalue weighted by Gasteiger charge is -2.11. The van der Waals surface area contributed by atoms with Gasteiger partial charge in [-0.15, -0.1) is 11.8 Å². The lowest BCUT2D eigenvalue weighted by molar-refractivity contribution is 0.881. The molecule has 2 nitrogen and oxygen atoms in total. The molecule has 0 saturated carbocycles. The first-order chi connectivity index (χ1) is 9.70. The molecule has 20 heavy (non-hydrogen) atoms. The van der Waals surface area contributed by atoms with E-state index in [1.165, 1.54) is 26.9 Å². The summed E-state index contributed by atoms with van der Waals surface area (Å²) >= 11 is 1.88. The summed E-state index contributed by atoms with van der Waals surface area (Å²) in [5.74, 6) is 2.11. The van der Waals surface area contributed by atoms with Crippen LogP contribution in [0, 0.1) is 6.92 Å². The fourth-order valence-electron chi connectivity index (χ4n) is 2.41. The lowest BCUT2D eigenvalue weighted by atomic mass is 10.1. The second kappa shape index (κ2) is 5.33. The zero-order chi connectivity index (χ0) is 14.1. The third kappa shape index (κ3) is 2.22. The minimum Gasteiger partial charge on any atom is -0.331 e. The Morgan fingerprint density at radius 2 is 1.85 bits per heavy atom. The molecule has 0 saturated heterocycles. The normalized spacial score (nSPS) is 11.2. The largest absolute Gasteiger partial charge is 0.331 e. The molecular formula is C17H18N2S. The monoisotopic (exact) mass is 282 g/mol. The maximum atomic E-state index is 4.58. The highest BCUT2D eigenvalue weighted by molar-refractivity contribution is 7.99. The number of rotatable bonds is 3. The van der Waals surface area contributed by atoms with Crippen molar-refractivity contribution in [2.45, 2.75) is 18.7 Å². The minimum absolute atomic E-state index is 1.05. The maximum Gasteiger partial charge on any atom is 0.140 e. The molecule has 0 aliphatic heterocycles. The fraction of sp³-hybridized carbons (Fsp3) is 0.235. The molecule has 0 N–H and O–H groups in total. The van der Waals surface area contributed by atoms with Gasteiger partial charge in [0.15, 0.2) is 0 Å². The van der Waals surface area contributed by atoms with E-state index in [4.69, 9.17) is 0 Å². The van der Waals surface area contributed by atoms with Gasteiger partial charge in [-0.1, -0.05) is 31.2 Å². The molecule has 1 aromatic heterocycles. The predicted molar refractivity (Wildman–Crippen MR) is 87.3 cm³/mol. The van der Waals surface area contributed by atoms with Gasteiger partial charge in [-0.25, -0.2) is 4.98 Å². The Kier molecular flexibility index (Phi) is 3.53. The van der Waals surface area contributed by atoms with Crippen LogP contribution in [-0.4, -0.2) is 15.3 Å². The molecule has 0 amide bonds. The SMILES string of the molecule is CCSc1cc2ccccc2cc1-c1ncc(C)n1C. The first-order valence-corrected chi connectivity index (χ1v) is 7.83. The topological polar surface area (TPSA) is 17.8 Å². The summed E-state index contributed by atoms with van der Waals surface area (Å²) in [6.07, 6.45) is 1.94. The van der Waals surface area contributed by atoms with E-state index in [2.05, 4.69) is 66.8 Å². The first kappa shape index (κ1) is 13.3. The number of aryl methyl sites for hydroxylation is 1.